The van der Waals surface area contributed by atoms with Crippen LogP contribution in [0.1, 0.15) is 39.2 Å². The number of rotatable bonds is 6. The molecule has 0 saturated heterocycles. The van der Waals surface area contributed by atoms with Gasteiger partial charge in [-0.2, -0.15) is 0 Å². The second kappa shape index (κ2) is 8.53. The molecule has 31 heavy (non-hydrogen) atoms. The number of para-hydroxylation sites is 2. The summed E-state index contributed by atoms with van der Waals surface area (Å²) in [5, 5.41) is 12.7. The van der Waals surface area contributed by atoms with Gasteiger partial charge in [0.15, 0.2) is 0 Å². The van der Waals surface area contributed by atoms with Crippen LogP contribution in [0.25, 0.3) is 0 Å². The largest absolute Gasteiger partial charge is 0.481 e. The topological polar surface area (TPSA) is 82.0 Å². The SMILES string of the molecule is CN(C)c1ccc(C=Nc2ccccc2NC(=O)[C@H]2CC[C@](C)(C(=O)O)C2(C)C)cc1. The van der Waals surface area contributed by atoms with Crippen molar-refractivity contribution in [2.24, 2.45) is 21.7 Å². The molecule has 0 spiro atoms. The lowest BCUT2D eigenvalue weighted by molar-refractivity contribution is -0.154. The lowest BCUT2D eigenvalue weighted by Crippen LogP contribution is -2.43. The van der Waals surface area contributed by atoms with E-state index in [2.05, 4.69) is 10.3 Å². The molecule has 6 heteroatoms. The van der Waals surface area contributed by atoms with Gasteiger partial charge in [-0.05, 0) is 55.0 Å². The van der Waals surface area contributed by atoms with Gasteiger partial charge in [0.25, 0.3) is 0 Å². The van der Waals surface area contributed by atoms with Crippen LogP contribution in [-0.2, 0) is 9.59 Å². The average molecular weight is 422 g/mol. The summed E-state index contributed by atoms with van der Waals surface area (Å²) in [6.07, 6.45) is 2.80. The molecule has 1 saturated carbocycles. The number of aliphatic imine (C=N–C) groups is 1. The van der Waals surface area contributed by atoms with Crippen LogP contribution in [0.5, 0.6) is 0 Å². The third-order valence-corrected chi connectivity index (χ3v) is 6.94. The van der Waals surface area contributed by atoms with Crippen LogP contribution in [0.2, 0.25) is 0 Å². The molecule has 6 nitrogen and oxygen atoms in total. The Morgan fingerprint density at radius 1 is 1.10 bits per heavy atom. The smallest absolute Gasteiger partial charge is 0.309 e. The minimum absolute atomic E-state index is 0.159. The van der Waals surface area contributed by atoms with Crippen molar-refractivity contribution in [2.75, 3.05) is 24.3 Å². The third-order valence-electron chi connectivity index (χ3n) is 6.94. The summed E-state index contributed by atoms with van der Waals surface area (Å²) in [4.78, 5) is 31.6. The number of amides is 1. The number of benzene rings is 2. The molecule has 0 heterocycles. The third kappa shape index (κ3) is 4.33. The number of nitrogens with one attached hydrogen (secondary N) is 1. The van der Waals surface area contributed by atoms with Crippen LogP contribution in [0.15, 0.2) is 53.5 Å². The van der Waals surface area contributed by atoms with Gasteiger partial charge in [0, 0.05) is 31.9 Å². The van der Waals surface area contributed by atoms with Crippen LogP contribution in [0, 0.1) is 16.7 Å². The number of anilines is 2. The summed E-state index contributed by atoms with van der Waals surface area (Å²) in [6.45, 7) is 5.49. The Balaban J connectivity index is 1.78. The Kier molecular flexibility index (Phi) is 6.20. The Morgan fingerprint density at radius 2 is 1.74 bits per heavy atom. The first kappa shape index (κ1) is 22.5. The van der Waals surface area contributed by atoms with Crippen LogP contribution in [0.3, 0.4) is 0 Å². The summed E-state index contributed by atoms with van der Waals surface area (Å²) in [7, 11) is 3.99. The molecule has 2 atom stereocenters. The molecule has 2 aromatic carbocycles. The number of nitrogens with zero attached hydrogens (tertiary/aromatic N) is 2. The van der Waals surface area contributed by atoms with Crippen molar-refractivity contribution >= 4 is 35.2 Å². The van der Waals surface area contributed by atoms with Gasteiger partial charge in [-0.15, -0.1) is 0 Å². The van der Waals surface area contributed by atoms with E-state index in [4.69, 9.17) is 0 Å². The van der Waals surface area contributed by atoms with Gasteiger partial charge in [0.05, 0.1) is 16.8 Å². The highest BCUT2D eigenvalue weighted by Crippen LogP contribution is 2.56. The fraction of sp³-hybridized carbons (Fsp3) is 0.400. The Bertz CT molecular complexity index is 995. The molecule has 1 fully saturated rings. The van der Waals surface area contributed by atoms with Crippen LogP contribution in [-0.4, -0.2) is 37.3 Å². The molecule has 0 aliphatic heterocycles. The number of carboxylic acids is 1. The van der Waals surface area contributed by atoms with Crippen LogP contribution < -0.4 is 10.2 Å². The molecule has 2 aromatic rings. The molecule has 0 unspecified atom stereocenters. The van der Waals surface area contributed by atoms with E-state index >= 15 is 0 Å². The van der Waals surface area contributed by atoms with Crippen molar-refractivity contribution < 1.29 is 14.7 Å². The number of carbonyl (C=O) groups excluding carboxylic acids is 1. The predicted octanol–water partition coefficient (Wildman–Crippen LogP) is 4.97. The molecule has 1 amide bonds. The molecule has 0 aromatic heterocycles. The Labute approximate surface area is 184 Å². The molecular weight excluding hydrogens is 390 g/mol. The van der Waals surface area contributed by atoms with E-state index in [1.54, 1.807) is 13.1 Å². The van der Waals surface area contributed by atoms with E-state index in [1.807, 2.05) is 81.4 Å². The molecule has 3 rings (SSSR count). The minimum atomic E-state index is -0.925. The van der Waals surface area contributed by atoms with Gasteiger partial charge < -0.3 is 15.3 Å². The molecule has 0 radical (unpaired) electrons. The highest BCUT2D eigenvalue weighted by atomic mass is 16.4. The average Bonchev–Trinajstić information content (AvgIpc) is 2.97. The zero-order chi connectivity index (χ0) is 22.8. The van der Waals surface area contributed by atoms with Crippen molar-refractivity contribution in [3.05, 3.63) is 54.1 Å². The summed E-state index contributed by atoms with van der Waals surface area (Å²) >= 11 is 0. The molecular formula is C25H31N3O3. The minimum Gasteiger partial charge on any atom is -0.481 e. The molecule has 0 bridgehead atoms. The maximum absolute atomic E-state index is 13.1. The molecule has 164 valence electrons. The maximum atomic E-state index is 13.1. The normalized spacial score (nSPS) is 22.4. The zero-order valence-corrected chi connectivity index (χ0v) is 18.8. The first-order valence-electron chi connectivity index (χ1n) is 10.5. The summed E-state index contributed by atoms with van der Waals surface area (Å²) in [5.41, 5.74) is 1.76. The number of carboxylic acid groups (broad SMARTS) is 1. The summed E-state index contributed by atoms with van der Waals surface area (Å²) in [5.74, 6) is -1.39. The first-order valence-corrected chi connectivity index (χ1v) is 10.5. The van der Waals surface area contributed by atoms with Gasteiger partial charge in [0.2, 0.25) is 5.91 Å². The zero-order valence-electron chi connectivity index (χ0n) is 18.8. The second-order valence-electron chi connectivity index (χ2n) is 9.20. The Morgan fingerprint density at radius 3 is 2.32 bits per heavy atom. The maximum Gasteiger partial charge on any atom is 0.309 e. The molecule has 1 aliphatic rings. The number of aliphatic carboxylic acids is 1. The first-order chi connectivity index (χ1) is 14.6. The van der Waals surface area contributed by atoms with Crippen LogP contribution >= 0.6 is 0 Å². The fourth-order valence-corrected chi connectivity index (χ4v) is 4.26. The standard InChI is InChI=1S/C25H31N3O3/c1-24(2)19(14-15-25(24,3)23(30)31)22(29)27-21-9-7-6-8-20(21)26-16-17-10-12-18(13-11-17)28(4)5/h6-13,16,19H,14-15H2,1-5H3,(H,27,29)(H,30,31)/t19-,25-/m1/s1. The Hall–Kier alpha value is -3.15. The predicted molar refractivity (Wildman–Crippen MR) is 125 cm³/mol. The second-order valence-corrected chi connectivity index (χ2v) is 9.20. The monoisotopic (exact) mass is 421 g/mol. The van der Waals surface area contributed by atoms with Gasteiger partial charge in [-0.25, -0.2) is 0 Å². The van der Waals surface area contributed by atoms with E-state index in [9.17, 15) is 14.7 Å². The van der Waals surface area contributed by atoms with Gasteiger partial charge in [0.1, 0.15) is 0 Å². The highest BCUT2D eigenvalue weighted by molar-refractivity contribution is 5.97. The van der Waals surface area contributed by atoms with Crippen molar-refractivity contribution in [2.45, 2.75) is 33.6 Å². The number of hydrogen-bond donors (Lipinski definition) is 2. The number of carbonyl (C=O) groups is 2. The summed E-state index contributed by atoms with van der Waals surface area (Å²) < 4.78 is 0. The highest BCUT2D eigenvalue weighted by Gasteiger charge is 2.58. The van der Waals surface area contributed by atoms with E-state index in [0.29, 0.717) is 24.2 Å². The van der Waals surface area contributed by atoms with Gasteiger partial charge >= 0.3 is 5.97 Å². The van der Waals surface area contributed by atoms with Crippen molar-refractivity contribution in [1.29, 1.82) is 0 Å². The summed E-state index contributed by atoms with van der Waals surface area (Å²) in [6, 6.07) is 15.4. The van der Waals surface area contributed by atoms with Crippen LogP contribution in [0.4, 0.5) is 17.1 Å². The fourth-order valence-electron chi connectivity index (χ4n) is 4.26. The lowest BCUT2D eigenvalue weighted by Gasteiger charge is -2.37. The lowest BCUT2D eigenvalue weighted by atomic mass is 9.65. The van der Waals surface area contributed by atoms with E-state index in [0.717, 1.165) is 11.3 Å². The van der Waals surface area contributed by atoms with E-state index < -0.39 is 16.8 Å². The van der Waals surface area contributed by atoms with E-state index in [-0.39, 0.29) is 11.8 Å². The van der Waals surface area contributed by atoms with Crippen molar-refractivity contribution in [3.8, 4) is 0 Å². The van der Waals surface area contributed by atoms with Crippen molar-refractivity contribution in [1.82, 2.24) is 0 Å². The van der Waals surface area contributed by atoms with E-state index in [1.165, 1.54) is 0 Å². The van der Waals surface area contributed by atoms with Crippen molar-refractivity contribution in [3.63, 3.8) is 0 Å². The van der Waals surface area contributed by atoms with Gasteiger partial charge in [-0.1, -0.05) is 38.1 Å². The van der Waals surface area contributed by atoms with Gasteiger partial charge in [-0.3, -0.25) is 14.6 Å². The molecule has 1 aliphatic carbocycles. The molecule has 2 N–H and O–H groups in total. The number of hydrogen-bond acceptors (Lipinski definition) is 4. The quantitative estimate of drug-likeness (QED) is 0.645.